The Morgan fingerprint density at radius 2 is 1.93 bits per heavy atom. The first-order chi connectivity index (χ1) is 12.7. The van der Waals surface area contributed by atoms with Gasteiger partial charge in [-0.2, -0.15) is 4.98 Å². The molecule has 27 heavy (non-hydrogen) atoms. The molecule has 1 aromatic rings. The highest BCUT2D eigenvalue weighted by molar-refractivity contribution is 14.0. The third kappa shape index (κ3) is 6.28. The highest BCUT2D eigenvalue weighted by Crippen LogP contribution is 2.33. The number of aryl methyl sites for hydroxylation is 1. The molecule has 2 heterocycles. The minimum absolute atomic E-state index is 0. The maximum Gasteiger partial charge on any atom is 0.223 e. The summed E-state index contributed by atoms with van der Waals surface area (Å²) in [7, 11) is 0. The first-order valence-corrected chi connectivity index (χ1v) is 9.86. The van der Waals surface area contributed by atoms with E-state index in [-0.39, 0.29) is 29.5 Å². The van der Waals surface area contributed by atoms with Crippen molar-refractivity contribution >= 4 is 29.9 Å². The van der Waals surface area contributed by atoms with Crippen LogP contribution in [0.4, 0.5) is 0 Å². The van der Waals surface area contributed by atoms with Crippen LogP contribution < -0.4 is 10.6 Å². The zero-order valence-corrected chi connectivity index (χ0v) is 18.8. The van der Waals surface area contributed by atoms with Gasteiger partial charge in [-0.1, -0.05) is 24.4 Å². The van der Waals surface area contributed by atoms with E-state index in [1.54, 1.807) is 6.92 Å². The molecule has 2 fully saturated rings. The maximum absolute atomic E-state index is 5.57. The van der Waals surface area contributed by atoms with Crippen LogP contribution in [0.5, 0.6) is 0 Å². The summed E-state index contributed by atoms with van der Waals surface area (Å²) in [4.78, 5) is 11.5. The van der Waals surface area contributed by atoms with Crippen molar-refractivity contribution in [3.05, 3.63) is 11.7 Å². The second kappa shape index (κ2) is 11.2. The van der Waals surface area contributed by atoms with Crippen molar-refractivity contribution in [1.29, 1.82) is 0 Å². The highest BCUT2D eigenvalue weighted by Gasteiger charge is 2.38. The molecular formula is C18H33IN6O2. The summed E-state index contributed by atoms with van der Waals surface area (Å²) in [5.41, 5.74) is 0.209. The summed E-state index contributed by atoms with van der Waals surface area (Å²) in [5, 5.41) is 10.8. The van der Waals surface area contributed by atoms with Crippen molar-refractivity contribution in [2.75, 3.05) is 39.4 Å². The van der Waals surface area contributed by atoms with Crippen LogP contribution in [0.15, 0.2) is 9.52 Å². The van der Waals surface area contributed by atoms with Gasteiger partial charge in [0.25, 0.3) is 0 Å². The van der Waals surface area contributed by atoms with E-state index in [2.05, 4.69) is 37.6 Å². The zero-order chi connectivity index (χ0) is 18.2. The summed E-state index contributed by atoms with van der Waals surface area (Å²) in [6.07, 6.45) is 6.42. The fourth-order valence-corrected chi connectivity index (χ4v) is 4.00. The van der Waals surface area contributed by atoms with E-state index < -0.39 is 0 Å². The molecule has 3 rings (SSSR count). The van der Waals surface area contributed by atoms with Crippen molar-refractivity contribution in [2.24, 2.45) is 4.99 Å². The average Bonchev–Trinajstić information content (AvgIpc) is 3.11. The predicted octanol–water partition coefficient (Wildman–Crippen LogP) is 2.09. The molecule has 8 nitrogen and oxygen atoms in total. The van der Waals surface area contributed by atoms with Gasteiger partial charge in [-0.25, -0.2) is 4.99 Å². The SMILES string of the molecule is CCNC(=NCc1noc(C)n1)NCC1(N2CCOCC2)CCCCC1.I. The van der Waals surface area contributed by atoms with Crippen LogP contribution in [-0.4, -0.2) is 65.9 Å². The first kappa shape index (κ1) is 22.4. The number of hydrogen-bond donors (Lipinski definition) is 2. The third-order valence-corrected chi connectivity index (χ3v) is 5.34. The van der Waals surface area contributed by atoms with Crippen molar-refractivity contribution in [1.82, 2.24) is 25.7 Å². The van der Waals surface area contributed by atoms with Gasteiger partial charge in [0.2, 0.25) is 5.89 Å². The summed E-state index contributed by atoms with van der Waals surface area (Å²) in [6.45, 7) is 9.74. The minimum Gasteiger partial charge on any atom is -0.379 e. The van der Waals surface area contributed by atoms with Crippen LogP contribution in [0.25, 0.3) is 0 Å². The predicted molar refractivity (Wildman–Crippen MR) is 115 cm³/mol. The number of nitrogens with one attached hydrogen (secondary N) is 2. The molecule has 1 aromatic heterocycles. The molecule has 1 saturated carbocycles. The van der Waals surface area contributed by atoms with Gasteiger partial charge >= 0.3 is 0 Å². The summed E-state index contributed by atoms with van der Waals surface area (Å²) < 4.78 is 10.6. The molecule has 0 aromatic carbocycles. The Hall–Kier alpha value is -0.940. The number of ether oxygens (including phenoxy) is 1. The number of morpholine rings is 1. The van der Waals surface area contributed by atoms with Gasteiger partial charge in [0, 0.05) is 38.6 Å². The quantitative estimate of drug-likeness (QED) is 0.357. The van der Waals surface area contributed by atoms with E-state index in [1.807, 2.05) is 0 Å². The molecule has 1 saturated heterocycles. The lowest BCUT2D eigenvalue weighted by Gasteiger charge is -2.48. The normalized spacial score (nSPS) is 20.7. The molecule has 0 bridgehead atoms. The lowest BCUT2D eigenvalue weighted by atomic mass is 9.80. The Labute approximate surface area is 178 Å². The van der Waals surface area contributed by atoms with Gasteiger partial charge in [0.05, 0.1) is 13.2 Å². The van der Waals surface area contributed by atoms with E-state index in [0.29, 0.717) is 18.3 Å². The van der Waals surface area contributed by atoms with Gasteiger partial charge in [-0.3, -0.25) is 4.90 Å². The van der Waals surface area contributed by atoms with Gasteiger partial charge in [0.1, 0.15) is 6.54 Å². The highest BCUT2D eigenvalue weighted by atomic mass is 127. The van der Waals surface area contributed by atoms with Crippen molar-refractivity contribution in [3.63, 3.8) is 0 Å². The van der Waals surface area contributed by atoms with E-state index >= 15 is 0 Å². The Bertz CT molecular complexity index is 582. The molecule has 0 radical (unpaired) electrons. The molecule has 0 atom stereocenters. The van der Waals surface area contributed by atoms with Gasteiger partial charge in [0.15, 0.2) is 11.8 Å². The summed E-state index contributed by atoms with van der Waals surface area (Å²) in [6, 6.07) is 0. The van der Waals surface area contributed by atoms with E-state index in [0.717, 1.165) is 45.4 Å². The van der Waals surface area contributed by atoms with Crippen LogP contribution in [0.1, 0.15) is 50.7 Å². The van der Waals surface area contributed by atoms with Crippen molar-refractivity contribution in [2.45, 2.75) is 58.0 Å². The first-order valence-electron chi connectivity index (χ1n) is 9.86. The molecule has 154 valence electrons. The maximum atomic E-state index is 5.57. The molecule has 1 aliphatic carbocycles. The Morgan fingerprint density at radius 3 is 2.56 bits per heavy atom. The van der Waals surface area contributed by atoms with Crippen molar-refractivity contribution in [3.8, 4) is 0 Å². The number of aromatic nitrogens is 2. The molecule has 2 aliphatic rings. The van der Waals surface area contributed by atoms with Crippen molar-refractivity contribution < 1.29 is 9.26 Å². The number of hydrogen-bond acceptors (Lipinski definition) is 6. The molecule has 0 amide bonds. The van der Waals surface area contributed by atoms with E-state index in [1.165, 1.54) is 32.1 Å². The number of halogens is 1. The number of rotatable bonds is 6. The Kier molecular flexibility index (Phi) is 9.24. The van der Waals surface area contributed by atoms with Crippen LogP contribution in [0.3, 0.4) is 0 Å². The van der Waals surface area contributed by atoms with Gasteiger partial charge < -0.3 is 19.9 Å². The number of aliphatic imine (C=N–C) groups is 1. The lowest BCUT2D eigenvalue weighted by molar-refractivity contribution is -0.0352. The van der Waals surface area contributed by atoms with Crippen LogP contribution in [-0.2, 0) is 11.3 Å². The number of nitrogens with zero attached hydrogens (tertiary/aromatic N) is 4. The molecule has 0 unspecified atom stereocenters. The van der Waals surface area contributed by atoms with Gasteiger partial charge in [-0.05, 0) is 19.8 Å². The summed E-state index contributed by atoms with van der Waals surface area (Å²) >= 11 is 0. The largest absolute Gasteiger partial charge is 0.379 e. The third-order valence-electron chi connectivity index (χ3n) is 5.34. The minimum atomic E-state index is 0. The molecule has 2 N–H and O–H groups in total. The van der Waals surface area contributed by atoms with E-state index in [9.17, 15) is 0 Å². The second-order valence-electron chi connectivity index (χ2n) is 7.16. The lowest BCUT2D eigenvalue weighted by Crippen LogP contribution is -2.60. The van der Waals surface area contributed by atoms with Gasteiger partial charge in [-0.15, -0.1) is 24.0 Å². The molecule has 9 heteroatoms. The second-order valence-corrected chi connectivity index (χ2v) is 7.16. The Morgan fingerprint density at radius 1 is 1.19 bits per heavy atom. The number of guanidine groups is 1. The fourth-order valence-electron chi connectivity index (χ4n) is 4.00. The smallest absolute Gasteiger partial charge is 0.223 e. The fraction of sp³-hybridized carbons (Fsp3) is 0.833. The Balaban J connectivity index is 0.00000261. The molecule has 0 spiro atoms. The van der Waals surface area contributed by atoms with Crippen LogP contribution >= 0.6 is 24.0 Å². The molecular weight excluding hydrogens is 459 g/mol. The average molecular weight is 492 g/mol. The van der Waals surface area contributed by atoms with Crippen LogP contribution in [0, 0.1) is 6.92 Å². The summed E-state index contributed by atoms with van der Waals surface area (Å²) in [5.74, 6) is 2.00. The monoisotopic (exact) mass is 492 g/mol. The standard InChI is InChI=1S/C18H32N6O2.HI/c1-3-19-17(20-13-16-22-15(2)26-23-16)21-14-18(7-5-4-6-8-18)24-9-11-25-12-10-24;/h3-14H2,1-2H3,(H2,19,20,21);1H. The van der Waals surface area contributed by atoms with Crippen LogP contribution in [0.2, 0.25) is 0 Å². The topological polar surface area (TPSA) is 87.8 Å². The van der Waals surface area contributed by atoms with E-state index in [4.69, 9.17) is 9.26 Å². The zero-order valence-electron chi connectivity index (χ0n) is 16.5. The molecule has 1 aliphatic heterocycles.